The van der Waals surface area contributed by atoms with Crippen LogP contribution in [0.15, 0.2) is 0 Å². The van der Waals surface area contributed by atoms with E-state index in [0.717, 1.165) is 38.5 Å². The van der Waals surface area contributed by atoms with Gasteiger partial charge in [0.2, 0.25) is 0 Å². The van der Waals surface area contributed by atoms with Crippen LogP contribution in [0.3, 0.4) is 0 Å². The first-order valence-electron chi connectivity index (χ1n) is 7.22. The molecule has 2 fully saturated rings. The highest BCUT2D eigenvalue weighted by molar-refractivity contribution is 8.14. The minimum atomic E-state index is -0.252. The summed E-state index contributed by atoms with van der Waals surface area (Å²) in [7, 11) is 0. The Bertz CT molecular complexity index is 263. The van der Waals surface area contributed by atoms with Crippen molar-refractivity contribution < 1.29 is 15.0 Å². The number of carbonyl (C=O) groups excluding carboxylic acids is 1. The summed E-state index contributed by atoms with van der Waals surface area (Å²) in [4.78, 5) is 10.7. The Balaban J connectivity index is 0.000000200. The van der Waals surface area contributed by atoms with Gasteiger partial charge in [-0.3, -0.25) is 4.79 Å². The van der Waals surface area contributed by atoms with Crippen LogP contribution in [0.5, 0.6) is 0 Å². The third-order valence-corrected chi connectivity index (χ3v) is 5.47. The van der Waals surface area contributed by atoms with Gasteiger partial charge in [-0.15, -0.1) is 0 Å². The Labute approximate surface area is 126 Å². The molecule has 112 valence electrons. The predicted octanol–water partition coefficient (Wildman–Crippen LogP) is 2.79. The fraction of sp³-hybridized carbons (Fsp3) is 0.929. The fourth-order valence-electron chi connectivity index (χ4n) is 2.52. The zero-order valence-corrected chi connectivity index (χ0v) is 13.3. The van der Waals surface area contributed by atoms with Crippen LogP contribution in [0.1, 0.15) is 58.3 Å². The molecule has 0 spiro atoms. The van der Waals surface area contributed by atoms with Crippen molar-refractivity contribution in [3.8, 4) is 0 Å². The van der Waals surface area contributed by atoms with Crippen molar-refractivity contribution in [3.63, 3.8) is 0 Å². The van der Waals surface area contributed by atoms with Crippen molar-refractivity contribution in [2.45, 2.75) is 81.0 Å². The maximum Gasteiger partial charge on any atom is 0.186 e. The molecule has 0 bridgehead atoms. The standard InChI is InChI=1S/C8H14O2S.C6H12OS/c1-6(9)11-8-5-3-2-4-7(8)10;7-5-3-1-2-4-6(5)8/h7-8,10H,2-5H2,1H3;5-8H,1-4H2. The Kier molecular flexibility index (Phi) is 8.46. The minimum Gasteiger partial charge on any atom is -0.392 e. The molecule has 0 aromatic rings. The summed E-state index contributed by atoms with van der Waals surface area (Å²) in [6.07, 6.45) is 8.20. The lowest BCUT2D eigenvalue weighted by atomic mass is 9.97. The van der Waals surface area contributed by atoms with Crippen LogP contribution in [0.2, 0.25) is 0 Å². The number of aliphatic hydroxyl groups excluding tert-OH is 2. The Morgan fingerprint density at radius 2 is 1.53 bits per heavy atom. The van der Waals surface area contributed by atoms with E-state index in [1.807, 2.05) is 0 Å². The van der Waals surface area contributed by atoms with Gasteiger partial charge < -0.3 is 10.2 Å². The van der Waals surface area contributed by atoms with Gasteiger partial charge in [-0.2, -0.15) is 12.6 Å². The molecule has 0 aromatic carbocycles. The molecule has 0 heterocycles. The van der Waals surface area contributed by atoms with Gasteiger partial charge >= 0.3 is 0 Å². The molecule has 0 saturated heterocycles. The van der Waals surface area contributed by atoms with E-state index in [1.54, 1.807) is 6.92 Å². The van der Waals surface area contributed by atoms with Crippen LogP contribution in [0.4, 0.5) is 0 Å². The molecular formula is C14H26O3S2. The van der Waals surface area contributed by atoms with E-state index in [2.05, 4.69) is 12.6 Å². The van der Waals surface area contributed by atoms with Crippen molar-refractivity contribution in [1.82, 2.24) is 0 Å². The zero-order valence-electron chi connectivity index (χ0n) is 11.6. The molecule has 2 rings (SSSR count). The molecule has 2 aliphatic carbocycles. The topological polar surface area (TPSA) is 57.5 Å². The van der Waals surface area contributed by atoms with E-state index in [-0.39, 0.29) is 27.8 Å². The summed E-state index contributed by atoms with van der Waals surface area (Å²) in [5.41, 5.74) is 0. The highest BCUT2D eigenvalue weighted by Crippen LogP contribution is 2.28. The first-order chi connectivity index (χ1) is 9.00. The number of thioether (sulfide) groups is 1. The lowest BCUT2D eigenvalue weighted by molar-refractivity contribution is -0.109. The first-order valence-corrected chi connectivity index (χ1v) is 8.61. The number of aliphatic hydroxyl groups is 2. The largest absolute Gasteiger partial charge is 0.392 e. The van der Waals surface area contributed by atoms with Crippen molar-refractivity contribution >= 4 is 29.5 Å². The highest BCUT2D eigenvalue weighted by Gasteiger charge is 2.24. The Hall–Kier alpha value is 0.290. The molecule has 4 atom stereocenters. The van der Waals surface area contributed by atoms with Crippen molar-refractivity contribution in [3.05, 3.63) is 0 Å². The van der Waals surface area contributed by atoms with Gasteiger partial charge in [-0.25, -0.2) is 0 Å². The maximum atomic E-state index is 10.7. The normalized spacial score (nSPS) is 35.2. The molecular weight excluding hydrogens is 280 g/mol. The average molecular weight is 306 g/mol. The summed E-state index contributed by atoms with van der Waals surface area (Å²) < 4.78 is 0. The van der Waals surface area contributed by atoms with Crippen molar-refractivity contribution in [2.24, 2.45) is 0 Å². The first kappa shape index (κ1) is 17.3. The Morgan fingerprint density at radius 1 is 1.00 bits per heavy atom. The molecule has 2 aliphatic rings. The van der Waals surface area contributed by atoms with E-state index >= 15 is 0 Å². The molecule has 19 heavy (non-hydrogen) atoms. The SMILES string of the molecule is CC(=O)SC1CCCCC1O.OC1CCCCC1S. The van der Waals surface area contributed by atoms with Gasteiger partial charge in [0.25, 0.3) is 0 Å². The second-order valence-corrected chi connectivity index (χ2v) is 7.50. The van der Waals surface area contributed by atoms with E-state index in [4.69, 9.17) is 5.11 Å². The Morgan fingerprint density at radius 3 is 1.95 bits per heavy atom. The van der Waals surface area contributed by atoms with Crippen molar-refractivity contribution in [2.75, 3.05) is 0 Å². The van der Waals surface area contributed by atoms with Crippen LogP contribution < -0.4 is 0 Å². The third-order valence-electron chi connectivity index (χ3n) is 3.68. The molecule has 0 radical (unpaired) electrons. The van der Waals surface area contributed by atoms with Gasteiger partial charge in [-0.05, 0) is 25.7 Å². The second kappa shape index (κ2) is 9.27. The van der Waals surface area contributed by atoms with Gasteiger partial charge in [0.1, 0.15) is 0 Å². The molecule has 0 amide bonds. The van der Waals surface area contributed by atoms with Crippen LogP contribution in [0, 0.1) is 0 Å². The summed E-state index contributed by atoms with van der Waals surface area (Å²) >= 11 is 5.50. The number of hydrogen-bond donors (Lipinski definition) is 3. The highest BCUT2D eigenvalue weighted by atomic mass is 32.2. The van der Waals surface area contributed by atoms with Crippen LogP contribution in [-0.2, 0) is 4.79 Å². The fourth-order valence-corrected chi connectivity index (χ4v) is 3.86. The quantitative estimate of drug-likeness (QED) is 0.652. The van der Waals surface area contributed by atoms with Gasteiger partial charge in [0, 0.05) is 17.4 Å². The lowest BCUT2D eigenvalue weighted by Crippen LogP contribution is -2.27. The number of carbonyl (C=O) groups is 1. The number of thiol groups is 1. The van der Waals surface area contributed by atoms with E-state index < -0.39 is 0 Å². The molecule has 0 aliphatic heterocycles. The lowest BCUT2D eigenvalue weighted by Gasteiger charge is -2.25. The smallest absolute Gasteiger partial charge is 0.186 e. The predicted molar refractivity (Wildman–Crippen MR) is 83.8 cm³/mol. The molecule has 4 unspecified atom stereocenters. The summed E-state index contributed by atoms with van der Waals surface area (Å²) in [5, 5.41) is 19.1. The zero-order chi connectivity index (χ0) is 14.3. The van der Waals surface area contributed by atoms with Gasteiger partial charge in [0.15, 0.2) is 5.12 Å². The van der Waals surface area contributed by atoms with Gasteiger partial charge in [0.05, 0.1) is 12.2 Å². The second-order valence-electron chi connectivity index (χ2n) is 5.42. The summed E-state index contributed by atoms with van der Waals surface area (Å²) in [6.45, 7) is 1.56. The molecule has 2 saturated carbocycles. The monoisotopic (exact) mass is 306 g/mol. The summed E-state index contributed by atoms with van der Waals surface area (Å²) in [5.74, 6) is 0. The van der Waals surface area contributed by atoms with E-state index in [9.17, 15) is 9.90 Å². The van der Waals surface area contributed by atoms with E-state index in [0.29, 0.717) is 0 Å². The number of hydrogen-bond acceptors (Lipinski definition) is 5. The molecule has 5 heteroatoms. The van der Waals surface area contributed by atoms with E-state index in [1.165, 1.54) is 24.6 Å². The summed E-state index contributed by atoms with van der Waals surface area (Å²) in [6, 6.07) is 0. The minimum absolute atomic E-state index is 0.121. The van der Waals surface area contributed by atoms with Crippen LogP contribution >= 0.6 is 24.4 Å². The average Bonchev–Trinajstić information content (AvgIpc) is 2.36. The maximum absolute atomic E-state index is 10.7. The number of rotatable bonds is 1. The molecule has 0 aromatic heterocycles. The van der Waals surface area contributed by atoms with Crippen LogP contribution in [-0.4, -0.2) is 38.0 Å². The molecule has 2 N–H and O–H groups in total. The van der Waals surface area contributed by atoms with Crippen molar-refractivity contribution in [1.29, 1.82) is 0 Å². The van der Waals surface area contributed by atoms with Crippen LogP contribution in [0.25, 0.3) is 0 Å². The molecule has 3 nitrogen and oxygen atoms in total. The van der Waals surface area contributed by atoms with Gasteiger partial charge in [-0.1, -0.05) is 37.4 Å². The third kappa shape index (κ3) is 7.02.